The van der Waals surface area contributed by atoms with Crippen LogP contribution in [-0.2, 0) is 9.53 Å². The molecule has 1 amide bonds. The molecule has 108 valence electrons. The first-order valence-corrected chi connectivity index (χ1v) is 6.61. The minimum absolute atomic E-state index is 0.0685. The average Bonchev–Trinajstić information content (AvgIpc) is 2.31. The van der Waals surface area contributed by atoms with E-state index in [2.05, 4.69) is 18.7 Å². The number of hydrogen-bond donors (Lipinski definition) is 1. The van der Waals surface area contributed by atoms with Gasteiger partial charge in [-0.3, -0.25) is 9.69 Å². The molecule has 0 saturated heterocycles. The summed E-state index contributed by atoms with van der Waals surface area (Å²) in [6, 6.07) is 0.442. The van der Waals surface area contributed by atoms with E-state index in [1.165, 1.54) is 0 Å². The summed E-state index contributed by atoms with van der Waals surface area (Å²) in [5, 5.41) is 8.61. The number of carbonyl (C=O) groups excluding carboxylic acids is 1. The molecule has 0 aromatic heterocycles. The molecule has 0 saturated carbocycles. The molecule has 1 N–H and O–H groups in total. The van der Waals surface area contributed by atoms with Gasteiger partial charge in [0.2, 0.25) is 5.91 Å². The van der Waals surface area contributed by atoms with Gasteiger partial charge in [-0.2, -0.15) is 0 Å². The van der Waals surface area contributed by atoms with Gasteiger partial charge in [0.1, 0.15) is 0 Å². The Kier molecular flexibility index (Phi) is 9.92. The number of ether oxygens (including phenoxy) is 1. The zero-order valence-corrected chi connectivity index (χ0v) is 12.2. The summed E-state index contributed by atoms with van der Waals surface area (Å²) in [6.45, 7) is 7.11. The second-order valence-electron chi connectivity index (χ2n) is 4.86. The summed E-state index contributed by atoms with van der Waals surface area (Å²) in [5.74, 6) is 0.176. The first kappa shape index (κ1) is 17.4. The van der Waals surface area contributed by atoms with Crippen LogP contribution in [0.2, 0.25) is 0 Å². The molecule has 0 aliphatic rings. The number of hydrogen-bond acceptors (Lipinski definition) is 4. The molecule has 0 aliphatic carbocycles. The van der Waals surface area contributed by atoms with Crippen LogP contribution in [0.5, 0.6) is 0 Å². The maximum atomic E-state index is 11.4. The highest BCUT2D eigenvalue weighted by molar-refractivity contribution is 5.75. The van der Waals surface area contributed by atoms with Gasteiger partial charge in [-0.05, 0) is 26.8 Å². The lowest BCUT2D eigenvalue weighted by molar-refractivity contribution is -0.128. The predicted molar refractivity (Wildman–Crippen MR) is 72.5 cm³/mol. The minimum Gasteiger partial charge on any atom is -0.394 e. The molecule has 0 rings (SSSR count). The SMILES string of the molecule is CC(C)N(CCCC(=O)N(C)C)CCOCCO. The largest absolute Gasteiger partial charge is 0.394 e. The van der Waals surface area contributed by atoms with Gasteiger partial charge in [0.05, 0.1) is 19.8 Å². The van der Waals surface area contributed by atoms with Crippen LogP contribution >= 0.6 is 0 Å². The van der Waals surface area contributed by atoms with Crippen LogP contribution in [0, 0.1) is 0 Å². The normalized spacial score (nSPS) is 11.3. The molecule has 0 radical (unpaired) electrons. The van der Waals surface area contributed by atoms with Crippen molar-refractivity contribution < 1.29 is 14.6 Å². The quantitative estimate of drug-likeness (QED) is 0.584. The third-order valence-electron chi connectivity index (χ3n) is 2.82. The monoisotopic (exact) mass is 260 g/mol. The Morgan fingerprint density at radius 3 is 2.39 bits per heavy atom. The molecule has 0 spiro atoms. The maximum Gasteiger partial charge on any atom is 0.222 e. The molecular weight excluding hydrogens is 232 g/mol. The highest BCUT2D eigenvalue weighted by Gasteiger charge is 2.10. The Morgan fingerprint density at radius 2 is 1.89 bits per heavy atom. The van der Waals surface area contributed by atoms with Crippen LogP contribution in [0.1, 0.15) is 26.7 Å². The Morgan fingerprint density at radius 1 is 1.22 bits per heavy atom. The third kappa shape index (κ3) is 8.44. The smallest absolute Gasteiger partial charge is 0.222 e. The zero-order valence-electron chi connectivity index (χ0n) is 12.2. The van der Waals surface area contributed by atoms with Crippen molar-refractivity contribution in [3.63, 3.8) is 0 Å². The molecule has 0 fully saturated rings. The Balaban J connectivity index is 3.80. The number of aliphatic hydroxyl groups excluding tert-OH is 1. The molecule has 0 bridgehead atoms. The molecule has 0 aromatic rings. The van der Waals surface area contributed by atoms with E-state index in [-0.39, 0.29) is 12.5 Å². The van der Waals surface area contributed by atoms with Gasteiger partial charge >= 0.3 is 0 Å². The van der Waals surface area contributed by atoms with Crippen molar-refractivity contribution in [3.8, 4) is 0 Å². The number of aliphatic hydroxyl groups is 1. The molecule has 0 heterocycles. The minimum atomic E-state index is 0.0685. The average molecular weight is 260 g/mol. The van der Waals surface area contributed by atoms with Gasteiger partial charge in [0.25, 0.3) is 0 Å². The highest BCUT2D eigenvalue weighted by Crippen LogP contribution is 2.02. The van der Waals surface area contributed by atoms with Gasteiger partial charge < -0.3 is 14.7 Å². The van der Waals surface area contributed by atoms with E-state index in [0.29, 0.717) is 25.7 Å². The zero-order chi connectivity index (χ0) is 14.0. The fourth-order valence-electron chi connectivity index (χ4n) is 1.63. The van der Waals surface area contributed by atoms with Gasteiger partial charge in [-0.25, -0.2) is 0 Å². The Labute approximate surface area is 111 Å². The molecule has 0 unspecified atom stereocenters. The lowest BCUT2D eigenvalue weighted by Gasteiger charge is -2.26. The summed E-state index contributed by atoms with van der Waals surface area (Å²) in [5.41, 5.74) is 0. The molecular formula is C13H28N2O3. The summed E-state index contributed by atoms with van der Waals surface area (Å²) in [7, 11) is 3.57. The number of carbonyl (C=O) groups is 1. The van der Waals surface area contributed by atoms with E-state index in [0.717, 1.165) is 19.5 Å². The van der Waals surface area contributed by atoms with Crippen LogP contribution in [0.4, 0.5) is 0 Å². The van der Waals surface area contributed by atoms with Crippen LogP contribution in [0.15, 0.2) is 0 Å². The fourth-order valence-corrected chi connectivity index (χ4v) is 1.63. The van der Waals surface area contributed by atoms with Crippen molar-refractivity contribution in [1.29, 1.82) is 0 Å². The summed E-state index contributed by atoms with van der Waals surface area (Å²) in [4.78, 5) is 15.4. The van der Waals surface area contributed by atoms with Gasteiger partial charge in [-0.1, -0.05) is 0 Å². The highest BCUT2D eigenvalue weighted by atomic mass is 16.5. The second kappa shape index (κ2) is 10.3. The van der Waals surface area contributed by atoms with E-state index in [9.17, 15) is 4.79 Å². The van der Waals surface area contributed by atoms with Crippen LogP contribution in [-0.4, -0.2) is 73.9 Å². The van der Waals surface area contributed by atoms with Crippen molar-refractivity contribution >= 4 is 5.91 Å². The third-order valence-corrected chi connectivity index (χ3v) is 2.82. The van der Waals surface area contributed by atoms with Crippen LogP contribution < -0.4 is 0 Å². The van der Waals surface area contributed by atoms with Crippen molar-refractivity contribution in [1.82, 2.24) is 9.80 Å². The van der Waals surface area contributed by atoms with E-state index >= 15 is 0 Å². The van der Waals surface area contributed by atoms with E-state index in [1.54, 1.807) is 19.0 Å². The van der Waals surface area contributed by atoms with Crippen LogP contribution in [0.3, 0.4) is 0 Å². The van der Waals surface area contributed by atoms with E-state index in [4.69, 9.17) is 9.84 Å². The van der Waals surface area contributed by atoms with Gasteiger partial charge in [0.15, 0.2) is 0 Å². The van der Waals surface area contributed by atoms with E-state index in [1.807, 2.05) is 0 Å². The van der Waals surface area contributed by atoms with Crippen molar-refractivity contribution in [2.24, 2.45) is 0 Å². The predicted octanol–water partition coefficient (Wildman–Crippen LogP) is 0.574. The van der Waals surface area contributed by atoms with Crippen LogP contribution in [0.25, 0.3) is 0 Å². The molecule has 0 atom stereocenters. The summed E-state index contributed by atoms with van der Waals surface area (Å²) < 4.78 is 5.26. The van der Waals surface area contributed by atoms with Crippen molar-refractivity contribution in [2.45, 2.75) is 32.7 Å². The lowest BCUT2D eigenvalue weighted by Crippen LogP contribution is -2.35. The second-order valence-corrected chi connectivity index (χ2v) is 4.86. The first-order chi connectivity index (χ1) is 8.49. The maximum absolute atomic E-state index is 11.4. The molecule has 5 heteroatoms. The molecule has 5 nitrogen and oxygen atoms in total. The lowest BCUT2D eigenvalue weighted by atomic mass is 10.2. The topological polar surface area (TPSA) is 53.0 Å². The number of rotatable bonds is 10. The first-order valence-electron chi connectivity index (χ1n) is 6.61. The molecule has 0 aromatic carbocycles. The van der Waals surface area contributed by atoms with Crippen molar-refractivity contribution in [3.05, 3.63) is 0 Å². The van der Waals surface area contributed by atoms with Gasteiger partial charge in [-0.15, -0.1) is 0 Å². The van der Waals surface area contributed by atoms with Crippen molar-refractivity contribution in [2.75, 3.05) is 47.0 Å². The Bertz CT molecular complexity index is 220. The molecule has 18 heavy (non-hydrogen) atoms. The summed E-state index contributed by atoms with van der Waals surface area (Å²) in [6.07, 6.45) is 1.46. The fraction of sp³-hybridized carbons (Fsp3) is 0.923. The summed E-state index contributed by atoms with van der Waals surface area (Å²) >= 11 is 0. The number of nitrogens with zero attached hydrogens (tertiary/aromatic N) is 2. The Hall–Kier alpha value is -0.650. The van der Waals surface area contributed by atoms with Gasteiger partial charge in [0, 0.05) is 33.1 Å². The molecule has 0 aliphatic heterocycles. The van der Waals surface area contributed by atoms with E-state index < -0.39 is 0 Å². The number of amides is 1. The standard InChI is InChI=1S/C13H28N2O3/c1-12(2)15(8-10-18-11-9-16)7-5-6-13(17)14(3)4/h12,16H,5-11H2,1-4H3.